The molecule has 0 aliphatic carbocycles. The van der Waals surface area contributed by atoms with Crippen LogP contribution in [0.25, 0.3) is 0 Å². The average Bonchev–Trinajstić information content (AvgIpc) is 2.69. The maximum Gasteiger partial charge on any atom is 0.262 e. The van der Waals surface area contributed by atoms with Gasteiger partial charge in [0.15, 0.2) is 18.6 Å². The van der Waals surface area contributed by atoms with Crippen molar-refractivity contribution in [3.8, 4) is 17.2 Å². The normalized spacial score (nSPS) is 10.1. The minimum Gasteiger partial charge on any atom is -0.483 e. The molecule has 1 N–H and O–H groups in total. The molecule has 1 amide bonds. The summed E-state index contributed by atoms with van der Waals surface area (Å²) >= 11 is 6.04. The molecule has 27 heavy (non-hydrogen) atoms. The monoisotopic (exact) mass is 381 g/mol. The van der Waals surface area contributed by atoms with Crippen molar-refractivity contribution in [1.29, 1.82) is 0 Å². The summed E-state index contributed by atoms with van der Waals surface area (Å²) in [6.45, 7) is -0.262. The summed E-state index contributed by atoms with van der Waals surface area (Å²) in [6, 6.07) is 20.8. The van der Waals surface area contributed by atoms with Crippen LogP contribution in [0, 0.1) is 0 Å². The molecule has 3 aromatic carbocycles. The zero-order chi connectivity index (χ0) is 19.1. The average molecular weight is 382 g/mol. The number of hydrogen-bond acceptors (Lipinski definition) is 4. The van der Waals surface area contributed by atoms with Gasteiger partial charge in [-0.1, -0.05) is 41.9 Å². The van der Waals surface area contributed by atoms with Crippen molar-refractivity contribution in [1.82, 2.24) is 0 Å². The minimum absolute atomic E-state index is 0.262. The van der Waals surface area contributed by atoms with Crippen LogP contribution in [0.5, 0.6) is 17.2 Å². The zero-order valence-electron chi connectivity index (χ0n) is 14.2. The molecule has 6 heteroatoms. The summed E-state index contributed by atoms with van der Waals surface area (Å²) in [7, 11) is 0. The number of ether oxygens (including phenoxy) is 2. The van der Waals surface area contributed by atoms with Gasteiger partial charge < -0.3 is 14.8 Å². The van der Waals surface area contributed by atoms with Crippen molar-refractivity contribution in [3.05, 3.63) is 83.4 Å². The van der Waals surface area contributed by atoms with E-state index >= 15 is 0 Å². The fourth-order valence-electron chi connectivity index (χ4n) is 2.34. The van der Waals surface area contributed by atoms with E-state index in [2.05, 4.69) is 5.32 Å². The topological polar surface area (TPSA) is 64.6 Å². The number of halogens is 1. The lowest BCUT2D eigenvalue weighted by Gasteiger charge is -2.13. The number of carbonyl (C=O) groups is 2. The van der Waals surface area contributed by atoms with Gasteiger partial charge >= 0.3 is 0 Å². The Hall–Kier alpha value is -3.31. The molecule has 0 saturated heterocycles. The molecule has 136 valence electrons. The van der Waals surface area contributed by atoms with E-state index in [1.54, 1.807) is 54.6 Å². The van der Waals surface area contributed by atoms with Gasteiger partial charge in [-0.15, -0.1) is 0 Å². The number of rotatable bonds is 7. The van der Waals surface area contributed by atoms with Gasteiger partial charge in [-0.25, -0.2) is 0 Å². The third-order valence-corrected chi connectivity index (χ3v) is 3.83. The molecule has 3 aromatic rings. The van der Waals surface area contributed by atoms with Crippen LogP contribution in [0.3, 0.4) is 0 Å². The van der Waals surface area contributed by atoms with Crippen LogP contribution in [0.1, 0.15) is 10.4 Å². The summed E-state index contributed by atoms with van der Waals surface area (Å²) in [4.78, 5) is 23.3. The van der Waals surface area contributed by atoms with Gasteiger partial charge in [0.2, 0.25) is 0 Å². The number of hydrogen-bond donors (Lipinski definition) is 1. The number of carbonyl (C=O) groups excluding carboxylic acids is 2. The van der Waals surface area contributed by atoms with Crippen molar-refractivity contribution in [2.24, 2.45) is 0 Å². The Balaban J connectivity index is 1.70. The molecule has 0 aliphatic rings. The highest BCUT2D eigenvalue weighted by atomic mass is 35.5. The first kappa shape index (κ1) is 18.5. The van der Waals surface area contributed by atoms with Crippen molar-refractivity contribution >= 4 is 29.5 Å². The Bertz CT molecular complexity index is 944. The molecule has 0 aliphatic heterocycles. The maximum absolute atomic E-state index is 12.3. The second kappa shape index (κ2) is 8.87. The lowest BCUT2D eigenvalue weighted by molar-refractivity contribution is -0.118. The highest BCUT2D eigenvalue weighted by Crippen LogP contribution is 2.32. The van der Waals surface area contributed by atoms with Crippen molar-refractivity contribution in [3.63, 3.8) is 0 Å². The van der Waals surface area contributed by atoms with E-state index in [0.29, 0.717) is 39.8 Å². The van der Waals surface area contributed by atoms with E-state index in [1.807, 2.05) is 18.2 Å². The molecular weight excluding hydrogens is 366 g/mol. The van der Waals surface area contributed by atoms with Crippen LogP contribution in [0.2, 0.25) is 5.02 Å². The summed E-state index contributed by atoms with van der Waals surface area (Å²) in [5.41, 5.74) is 0.796. The van der Waals surface area contributed by atoms with Crippen LogP contribution >= 0.6 is 11.6 Å². The van der Waals surface area contributed by atoms with Crippen LogP contribution in [-0.2, 0) is 4.79 Å². The Morgan fingerprint density at radius 3 is 2.48 bits per heavy atom. The summed E-state index contributed by atoms with van der Waals surface area (Å²) in [5, 5.41) is 3.17. The van der Waals surface area contributed by atoms with Gasteiger partial charge in [0.25, 0.3) is 5.91 Å². The lowest BCUT2D eigenvalue weighted by atomic mass is 10.2. The maximum atomic E-state index is 12.3. The molecule has 0 unspecified atom stereocenters. The van der Waals surface area contributed by atoms with Gasteiger partial charge in [-0.05, 0) is 42.5 Å². The highest BCUT2D eigenvalue weighted by molar-refractivity contribution is 6.31. The molecule has 0 heterocycles. The van der Waals surface area contributed by atoms with E-state index in [-0.39, 0.29) is 6.61 Å². The third-order valence-electron chi connectivity index (χ3n) is 3.59. The highest BCUT2D eigenvalue weighted by Gasteiger charge is 2.11. The van der Waals surface area contributed by atoms with E-state index in [9.17, 15) is 9.59 Å². The largest absolute Gasteiger partial charge is 0.483 e. The van der Waals surface area contributed by atoms with Gasteiger partial charge in [0, 0.05) is 5.02 Å². The van der Waals surface area contributed by atoms with Crippen LogP contribution in [-0.4, -0.2) is 18.8 Å². The van der Waals surface area contributed by atoms with Crippen molar-refractivity contribution < 1.29 is 19.1 Å². The van der Waals surface area contributed by atoms with Crippen molar-refractivity contribution in [2.75, 3.05) is 11.9 Å². The van der Waals surface area contributed by atoms with E-state index < -0.39 is 5.91 Å². The number of aldehydes is 1. The van der Waals surface area contributed by atoms with Crippen LogP contribution in [0.4, 0.5) is 5.69 Å². The number of para-hydroxylation sites is 2. The predicted molar refractivity (Wildman–Crippen MR) is 104 cm³/mol. The molecule has 0 fully saturated rings. The molecule has 0 atom stereocenters. The Morgan fingerprint density at radius 2 is 1.70 bits per heavy atom. The van der Waals surface area contributed by atoms with Gasteiger partial charge in [-0.2, -0.15) is 0 Å². The fourth-order valence-corrected chi connectivity index (χ4v) is 2.52. The second-order valence-corrected chi connectivity index (χ2v) is 5.98. The number of anilines is 1. The first-order valence-corrected chi connectivity index (χ1v) is 8.53. The second-order valence-electron chi connectivity index (χ2n) is 5.55. The summed E-state index contributed by atoms with van der Waals surface area (Å²) in [6.07, 6.45) is 0.677. The molecule has 3 rings (SSSR count). The molecule has 0 spiro atoms. The molecule has 5 nitrogen and oxygen atoms in total. The molecule has 0 saturated carbocycles. The van der Waals surface area contributed by atoms with E-state index in [1.165, 1.54) is 0 Å². The van der Waals surface area contributed by atoms with E-state index in [4.69, 9.17) is 21.1 Å². The quantitative estimate of drug-likeness (QED) is 0.587. The SMILES string of the molecule is O=Cc1ccccc1OCC(=O)Nc1cc(Cl)ccc1Oc1ccccc1. The first-order valence-electron chi connectivity index (χ1n) is 8.15. The first-order chi connectivity index (χ1) is 13.2. The molecule has 0 radical (unpaired) electrons. The van der Waals surface area contributed by atoms with Crippen LogP contribution < -0.4 is 14.8 Å². The minimum atomic E-state index is -0.407. The Labute approximate surface area is 161 Å². The molecule has 0 aromatic heterocycles. The van der Waals surface area contributed by atoms with Gasteiger partial charge in [0.1, 0.15) is 11.5 Å². The third kappa shape index (κ3) is 5.09. The number of nitrogens with one attached hydrogen (secondary N) is 1. The summed E-state index contributed by atoms with van der Waals surface area (Å²) < 4.78 is 11.2. The van der Waals surface area contributed by atoms with E-state index in [0.717, 1.165) is 0 Å². The predicted octanol–water partition coefficient (Wildman–Crippen LogP) is 4.96. The lowest BCUT2D eigenvalue weighted by Crippen LogP contribution is -2.20. The van der Waals surface area contributed by atoms with Crippen LogP contribution in [0.15, 0.2) is 72.8 Å². The Kier molecular flexibility index (Phi) is 6.07. The number of benzene rings is 3. The molecule has 0 bridgehead atoms. The Morgan fingerprint density at radius 1 is 0.963 bits per heavy atom. The zero-order valence-corrected chi connectivity index (χ0v) is 15.0. The van der Waals surface area contributed by atoms with Crippen molar-refractivity contribution in [2.45, 2.75) is 0 Å². The fraction of sp³-hybridized carbons (Fsp3) is 0.0476. The van der Waals surface area contributed by atoms with Gasteiger partial charge in [0.05, 0.1) is 11.3 Å². The smallest absolute Gasteiger partial charge is 0.262 e. The molecular formula is C21H16ClNO4. The standard InChI is InChI=1S/C21H16ClNO4/c22-16-10-11-20(27-17-7-2-1-3-8-17)18(12-16)23-21(25)14-26-19-9-5-4-6-15(19)13-24/h1-13H,14H2,(H,23,25). The van der Waals surface area contributed by atoms with Gasteiger partial charge in [-0.3, -0.25) is 9.59 Å². The summed E-state index contributed by atoms with van der Waals surface area (Å²) in [5.74, 6) is 1.02. The number of amides is 1.